The Labute approximate surface area is 143 Å². The lowest BCUT2D eigenvalue weighted by Crippen LogP contribution is -2.12. The molecule has 2 aromatic carbocycles. The number of alkyl halides is 1. The molecule has 1 N–H and O–H groups in total. The molecule has 0 radical (unpaired) electrons. The van der Waals surface area contributed by atoms with Crippen molar-refractivity contribution >= 4 is 45.9 Å². The van der Waals surface area contributed by atoms with Crippen molar-refractivity contribution in [2.75, 3.05) is 11.2 Å². The van der Waals surface area contributed by atoms with E-state index in [0.29, 0.717) is 16.6 Å². The molecule has 1 aromatic heterocycles. The van der Waals surface area contributed by atoms with Gasteiger partial charge >= 0.3 is 0 Å². The second-order valence-corrected chi connectivity index (χ2v) is 5.73. The first-order valence-corrected chi connectivity index (χ1v) is 8.07. The zero-order chi connectivity index (χ0) is 16.4. The maximum absolute atomic E-state index is 11.5. The number of aryl methyl sites for hydroxylation is 1. The minimum absolute atomic E-state index is 0.136. The van der Waals surface area contributed by atoms with Gasteiger partial charge in [0.05, 0.1) is 10.7 Å². The first-order chi connectivity index (χ1) is 11.1. The van der Waals surface area contributed by atoms with Crippen LogP contribution in [-0.4, -0.2) is 16.8 Å². The molecule has 0 fully saturated rings. The molecule has 0 aliphatic heterocycles. The van der Waals surface area contributed by atoms with Gasteiger partial charge in [0.2, 0.25) is 11.8 Å². The summed E-state index contributed by atoms with van der Waals surface area (Å²) < 4.78 is 5.79. The number of aromatic nitrogens is 1. The smallest absolute Gasteiger partial charge is 0.239 e. The molecule has 0 aliphatic rings. The highest BCUT2D eigenvalue weighted by atomic mass is 35.5. The minimum Gasteiger partial charge on any atom is -0.436 e. The maximum atomic E-state index is 11.5. The zero-order valence-corrected chi connectivity index (χ0v) is 13.9. The number of carbonyl (C=O) groups excluding carboxylic acids is 1. The molecular formula is C17H14Cl2N2O2. The zero-order valence-electron chi connectivity index (χ0n) is 12.4. The minimum atomic E-state index is -0.323. The molecule has 0 bridgehead atoms. The van der Waals surface area contributed by atoms with E-state index < -0.39 is 0 Å². The first kappa shape index (κ1) is 15.8. The van der Waals surface area contributed by atoms with E-state index in [1.165, 1.54) is 5.56 Å². The molecule has 0 saturated heterocycles. The fourth-order valence-corrected chi connectivity index (χ4v) is 2.49. The summed E-state index contributed by atoms with van der Waals surface area (Å²) in [6, 6.07) is 11.1. The van der Waals surface area contributed by atoms with E-state index in [1.54, 1.807) is 18.2 Å². The summed E-state index contributed by atoms with van der Waals surface area (Å²) in [5, 5.41) is 3.08. The van der Waals surface area contributed by atoms with Crippen molar-refractivity contribution in [3.05, 3.63) is 47.0 Å². The van der Waals surface area contributed by atoms with Gasteiger partial charge in [0, 0.05) is 5.56 Å². The van der Waals surface area contributed by atoms with Crippen molar-refractivity contribution in [3.63, 3.8) is 0 Å². The van der Waals surface area contributed by atoms with E-state index in [4.69, 9.17) is 27.6 Å². The molecule has 0 unspecified atom stereocenters. The monoisotopic (exact) mass is 348 g/mol. The fourth-order valence-electron chi connectivity index (χ4n) is 2.25. The number of anilines is 1. The van der Waals surface area contributed by atoms with Crippen molar-refractivity contribution in [1.82, 2.24) is 4.98 Å². The van der Waals surface area contributed by atoms with Crippen LogP contribution in [0.5, 0.6) is 0 Å². The lowest BCUT2D eigenvalue weighted by atomic mass is 10.1. The SMILES string of the molecule is CCc1ccc2oc(-c3ccc(Cl)c(NC(=O)CCl)c3)nc2c1. The number of benzene rings is 2. The van der Waals surface area contributed by atoms with Crippen LogP contribution in [0.25, 0.3) is 22.6 Å². The Morgan fingerprint density at radius 2 is 2.09 bits per heavy atom. The number of carbonyl (C=O) groups is 1. The van der Waals surface area contributed by atoms with E-state index in [0.717, 1.165) is 23.1 Å². The number of nitrogens with one attached hydrogen (secondary N) is 1. The van der Waals surface area contributed by atoms with Crippen molar-refractivity contribution < 1.29 is 9.21 Å². The summed E-state index contributed by atoms with van der Waals surface area (Å²) in [5.74, 6) is 0.0191. The molecule has 0 atom stereocenters. The van der Waals surface area contributed by atoms with Gasteiger partial charge in [0.25, 0.3) is 0 Å². The Balaban J connectivity index is 2.01. The van der Waals surface area contributed by atoms with Crippen LogP contribution in [-0.2, 0) is 11.2 Å². The largest absolute Gasteiger partial charge is 0.436 e. The van der Waals surface area contributed by atoms with E-state index in [2.05, 4.69) is 17.2 Å². The van der Waals surface area contributed by atoms with Gasteiger partial charge in [0.1, 0.15) is 11.4 Å². The average molecular weight is 349 g/mol. The summed E-state index contributed by atoms with van der Waals surface area (Å²) in [4.78, 5) is 16.0. The average Bonchev–Trinajstić information content (AvgIpc) is 2.99. The van der Waals surface area contributed by atoms with Gasteiger partial charge in [-0.3, -0.25) is 4.79 Å². The molecule has 1 amide bonds. The van der Waals surface area contributed by atoms with Crippen LogP contribution < -0.4 is 5.32 Å². The van der Waals surface area contributed by atoms with Crippen molar-refractivity contribution in [1.29, 1.82) is 0 Å². The number of nitrogens with zero attached hydrogens (tertiary/aromatic N) is 1. The normalized spacial score (nSPS) is 10.9. The number of fused-ring (bicyclic) bond motifs is 1. The number of hydrogen-bond acceptors (Lipinski definition) is 3. The second kappa shape index (κ2) is 6.60. The molecule has 3 rings (SSSR count). The van der Waals surface area contributed by atoms with Crippen LogP contribution in [0.4, 0.5) is 5.69 Å². The molecule has 3 aromatic rings. The van der Waals surface area contributed by atoms with Crippen molar-refractivity contribution in [2.45, 2.75) is 13.3 Å². The van der Waals surface area contributed by atoms with Gasteiger partial charge in [-0.1, -0.05) is 24.6 Å². The molecule has 23 heavy (non-hydrogen) atoms. The summed E-state index contributed by atoms with van der Waals surface area (Å²) in [6.45, 7) is 2.09. The van der Waals surface area contributed by atoms with E-state index in [-0.39, 0.29) is 11.8 Å². The summed E-state index contributed by atoms with van der Waals surface area (Å²) in [6.07, 6.45) is 0.938. The lowest BCUT2D eigenvalue weighted by Gasteiger charge is -2.06. The Morgan fingerprint density at radius 1 is 1.26 bits per heavy atom. The third kappa shape index (κ3) is 3.33. The molecule has 0 spiro atoms. The molecule has 0 saturated carbocycles. The Kier molecular flexibility index (Phi) is 4.55. The lowest BCUT2D eigenvalue weighted by molar-refractivity contribution is -0.113. The van der Waals surface area contributed by atoms with E-state index in [9.17, 15) is 4.79 Å². The van der Waals surface area contributed by atoms with Gasteiger partial charge in [-0.15, -0.1) is 11.6 Å². The number of amides is 1. The predicted molar refractivity (Wildman–Crippen MR) is 93.2 cm³/mol. The molecule has 6 heteroatoms. The van der Waals surface area contributed by atoms with Crippen molar-refractivity contribution in [2.24, 2.45) is 0 Å². The van der Waals surface area contributed by atoms with Gasteiger partial charge in [0.15, 0.2) is 5.58 Å². The maximum Gasteiger partial charge on any atom is 0.239 e. The quantitative estimate of drug-likeness (QED) is 0.683. The first-order valence-electron chi connectivity index (χ1n) is 7.16. The third-order valence-electron chi connectivity index (χ3n) is 3.47. The highest BCUT2D eigenvalue weighted by Gasteiger charge is 2.12. The number of oxazole rings is 1. The molecule has 118 valence electrons. The van der Waals surface area contributed by atoms with E-state index in [1.807, 2.05) is 18.2 Å². The standard InChI is InChI=1S/C17H14Cl2N2O2/c1-2-10-3-6-15-14(7-10)21-17(23-15)11-4-5-12(19)13(8-11)20-16(22)9-18/h3-8H,2,9H2,1H3,(H,20,22). The summed E-state index contributed by atoms with van der Waals surface area (Å²) in [5.41, 5.74) is 3.93. The van der Waals surface area contributed by atoms with E-state index >= 15 is 0 Å². The Morgan fingerprint density at radius 3 is 2.83 bits per heavy atom. The highest BCUT2D eigenvalue weighted by molar-refractivity contribution is 6.34. The third-order valence-corrected chi connectivity index (χ3v) is 4.04. The molecule has 1 heterocycles. The van der Waals surface area contributed by atoms with Crippen LogP contribution in [0.3, 0.4) is 0 Å². The fraction of sp³-hybridized carbons (Fsp3) is 0.176. The van der Waals surface area contributed by atoms with Crippen LogP contribution >= 0.6 is 23.2 Å². The van der Waals surface area contributed by atoms with Crippen molar-refractivity contribution in [3.8, 4) is 11.5 Å². The summed E-state index contributed by atoms with van der Waals surface area (Å²) >= 11 is 11.6. The number of hydrogen-bond donors (Lipinski definition) is 1. The van der Waals surface area contributed by atoms with Gasteiger partial charge in [-0.25, -0.2) is 4.98 Å². The Bertz CT molecular complexity index is 874. The van der Waals surface area contributed by atoms with Crippen LogP contribution in [0.1, 0.15) is 12.5 Å². The highest BCUT2D eigenvalue weighted by Crippen LogP contribution is 2.30. The summed E-state index contributed by atoms with van der Waals surface area (Å²) in [7, 11) is 0. The molecular weight excluding hydrogens is 335 g/mol. The predicted octanol–water partition coefficient (Wildman–Crippen LogP) is 4.89. The number of rotatable bonds is 4. The number of halogens is 2. The van der Waals surface area contributed by atoms with Crippen LogP contribution in [0.2, 0.25) is 5.02 Å². The molecule has 0 aliphatic carbocycles. The van der Waals surface area contributed by atoms with Crippen LogP contribution in [0.15, 0.2) is 40.8 Å². The van der Waals surface area contributed by atoms with Gasteiger partial charge in [-0.05, 0) is 42.3 Å². The Hall–Kier alpha value is -2.04. The van der Waals surface area contributed by atoms with Crippen LogP contribution in [0, 0.1) is 0 Å². The van der Waals surface area contributed by atoms with Gasteiger partial charge in [-0.2, -0.15) is 0 Å². The second-order valence-electron chi connectivity index (χ2n) is 5.05. The van der Waals surface area contributed by atoms with Gasteiger partial charge < -0.3 is 9.73 Å². The topological polar surface area (TPSA) is 55.1 Å². The molecule has 4 nitrogen and oxygen atoms in total.